The van der Waals surface area contributed by atoms with E-state index in [2.05, 4.69) is 11.7 Å². The van der Waals surface area contributed by atoms with Crippen molar-refractivity contribution in [2.24, 2.45) is 0 Å². The van der Waals surface area contributed by atoms with Gasteiger partial charge in [-0.15, -0.1) is 0 Å². The minimum Gasteiger partial charge on any atom is -0.450 e. The third-order valence-corrected chi connectivity index (χ3v) is 4.93. The zero-order valence-electron chi connectivity index (χ0n) is 11.4. The maximum absolute atomic E-state index is 10.3. The smallest absolute Gasteiger partial charge is 0.450 e. The molecule has 0 bridgehead atoms. The van der Waals surface area contributed by atoms with Gasteiger partial charge in [0.2, 0.25) is 0 Å². The molecule has 0 amide bonds. The summed E-state index contributed by atoms with van der Waals surface area (Å²) in [6.07, 6.45) is 6.84. The Morgan fingerprint density at radius 3 is 2.95 bits per heavy atom. The molecule has 5 heteroatoms. The molecule has 4 unspecified atom stereocenters. The molecule has 0 aromatic carbocycles. The Morgan fingerprint density at radius 2 is 2.26 bits per heavy atom. The van der Waals surface area contributed by atoms with Crippen LogP contribution in [-0.4, -0.2) is 41.3 Å². The van der Waals surface area contributed by atoms with Crippen molar-refractivity contribution in [1.29, 1.82) is 0 Å². The van der Waals surface area contributed by atoms with E-state index in [1.54, 1.807) is 0 Å². The van der Waals surface area contributed by atoms with Gasteiger partial charge in [-0.1, -0.05) is 19.8 Å². The van der Waals surface area contributed by atoms with Crippen LogP contribution >= 0.6 is 0 Å². The molecule has 1 N–H and O–H groups in total. The Balaban J connectivity index is 1.50. The number of rotatable bonds is 6. The second kappa shape index (κ2) is 4.63. The summed E-state index contributed by atoms with van der Waals surface area (Å²) >= 11 is 0. The minimum absolute atomic E-state index is 0.0800. The first-order valence-electron chi connectivity index (χ1n) is 7.32. The van der Waals surface area contributed by atoms with Crippen LogP contribution in [0, 0.1) is 0 Å². The molecule has 2 saturated heterocycles. The number of hydrogen-bond donors (Lipinski definition) is 1. The van der Waals surface area contributed by atoms with Crippen molar-refractivity contribution in [2.45, 2.75) is 75.3 Å². The zero-order valence-corrected chi connectivity index (χ0v) is 11.4. The third-order valence-electron chi connectivity index (χ3n) is 4.93. The Kier molecular flexibility index (Phi) is 3.21. The van der Waals surface area contributed by atoms with Gasteiger partial charge in [0, 0.05) is 12.8 Å². The summed E-state index contributed by atoms with van der Waals surface area (Å²) < 4.78 is 16.4. The van der Waals surface area contributed by atoms with Gasteiger partial charge in [0.1, 0.15) is 0 Å². The summed E-state index contributed by atoms with van der Waals surface area (Å²) in [5, 5.41) is 8.46. The van der Waals surface area contributed by atoms with Crippen LogP contribution in [0.4, 0.5) is 4.79 Å². The van der Waals surface area contributed by atoms with Crippen molar-refractivity contribution in [3.05, 3.63) is 0 Å². The highest BCUT2D eigenvalue weighted by atomic mass is 16.7. The maximum atomic E-state index is 10.3. The van der Waals surface area contributed by atoms with Crippen molar-refractivity contribution in [1.82, 2.24) is 0 Å². The molecule has 2 aliphatic heterocycles. The molecule has 19 heavy (non-hydrogen) atoms. The monoisotopic (exact) mass is 270 g/mol. The highest BCUT2D eigenvalue weighted by Crippen LogP contribution is 2.58. The summed E-state index contributed by atoms with van der Waals surface area (Å²) in [5.74, 6) is 0. The summed E-state index contributed by atoms with van der Waals surface area (Å²) in [4.78, 5) is 10.3. The largest absolute Gasteiger partial charge is 0.505 e. The highest BCUT2D eigenvalue weighted by Gasteiger charge is 2.66. The summed E-state index contributed by atoms with van der Waals surface area (Å²) in [7, 11) is 0. The fourth-order valence-corrected chi connectivity index (χ4v) is 3.71. The van der Waals surface area contributed by atoms with Gasteiger partial charge in [0.25, 0.3) is 0 Å². The molecule has 1 saturated carbocycles. The zero-order chi connectivity index (χ0) is 13.5. The fourth-order valence-electron chi connectivity index (χ4n) is 3.71. The van der Waals surface area contributed by atoms with Crippen LogP contribution < -0.4 is 0 Å². The van der Waals surface area contributed by atoms with Crippen LogP contribution in [0.25, 0.3) is 0 Å². The van der Waals surface area contributed by atoms with E-state index in [0.717, 1.165) is 19.3 Å². The maximum Gasteiger partial charge on any atom is 0.505 e. The topological polar surface area (TPSA) is 71.6 Å². The molecule has 4 atom stereocenters. The summed E-state index contributed by atoms with van der Waals surface area (Å²) in [6, 6.07) is 0. The average Bonchev–Trinajstić information content (AvgIpc) is 3.25. The van der Waals surface area contributed by atoms with Crippen LogP contribution in [0.5, 0.6) is 0 Å². The van der Waals surface area contributed by atoms with Crippen LogP contribution in [0.3, 0.4) is 0 Å². The van der Waals surface area contributed by atoms with E-state index in [9.17, 15) is 4.79 Å². The average molecular weight is 270 g/mol. The number of hydrogen-bond acceptors (Lipinski definition) is 4. The van der Waals surface area contributed by atoms with Gasteiger partial charge in [0.05, 0.1) is 30.0 Å². The van der Waals surface area contributed by atoms with Gasteiger partial charge >= 0.3 is 6.16 Å². The van der Waals surface area contributed by atoms with E-state index >= 15 is 0 Å². The van der Waals surface area contributed by atoms with E-state index in [4.69, 9.17) is 14.6 Å². The first kappa shape index (κ1) is 13.2. The van der Waals surface area contributed by atoms with E-state index < -0.39 is 6.16 Å². The number of ether oxygens (including phenoxy) is 3. The highest BCUT2D eigenvalue weighted by molar-refractivity contribution is 5.56. The standard InChI is InChI=1S/C14H22O5/c1-2-13(11(18-13)6-8-17-12(15)16)9-14-7-4-3-5-10(14)19-14/h10-11H,2-9H2,1H3,(H,15,16). The summed E-state index contributed by atoms with van der Waals surface area (Å²) in [5.41, 5.74) is -0.00931. The molecule has 0 aromatic rings. The second-order valence-corrected chi connectivity index (χ2v) is 6.02. The first-order valence-corrected chi connectivity index (χ1v) is 7.32. The van der Waals surface area contributed by atoms with E-state index in [1.165, 1.54) is 19.3 Å². The number of epoxide rings is 2. The molecular weight excluding hydrogens is 248 g/mol. The van der Waals surface area contributed by atoms with Crippen LogP contribution in [0.1, 0.15) is 51.9 Å². The minimum atomic E-state index is -1.21. The lowest BCUT2D eigenvalue weighted by atomic mass is 9.80. The van der Waals surface area contributed by atoms with Crippen molar-refractivity contribution >= 4 is 6.16 Å². The number of fused-ring (bicyclic) bond motifs is 1. The Labute approximate surface area is 113 Å². The molecule has 0 spiro atoms. The fraction of sp³-hybridized carbons (Fsp3) is 0.929. The molecule has 5 nitrogen and oxygen atoms in total. The van der Waals surface area contributed by atoms with Crippen LogP contribution in [0.15, 0.2) is 0 Å². The van der Waals surface area contributed by atoms with Crippen molar-refractivity contribution in [3.63, 3.8) is 0 Å². The third kappa shape index (κ3) is 2.46. The molecule has 3 aliphatic rings. The molecular formula is C14H22O5. The van der Waals surface area contributed by atoms with E-state index in [1.807, 2.05) is 0 Å². The molecule has 108 valence electrons. The second-order valence-electron chi connectivity index (χ2n) is 6.02. The lowest BCUT2D eigenvalue weighted by Gasteiger charge is -2.21. The van der Waals surface area contributed by atoms with Gasteiger partial charge in [0.15, 0.2) is 0 Å². The molecule has 0 aromatic heterocycles. The van der Waals surface area contributed by atoms with Crippen LogP contribution in [-0.2, 0) is 14.2 Å². The lowest BCUT2D eigenvalue weighted by molar-refractivity contribution is 0.0886. The van der Waals surface area contributed by atoms with Crippen molar-refractivity contribution in [3.8, 4) is 0 Å². The van der Waals surface area contributed by atoms with Gasteiger partial charge in [-0.25, -0.2) is 4.79 Å². The van der Waals surface area contributed by atoms with Gasteiger partial charge in [-0.05, 0) is 19.3 Å². The predicted octanol–water partition coefficient (Wildman–Crippen LogP) is 2.72. The molecule has 0 radical (unpaired) electrons. The van der Waals surface area contributed by atoms with E-state index in [0.29, 0.717) is 12.5 Å². The molecule has 1 aliphatic carbocycles. The van der Waals surface area contributed by atoms with Crippen molar-refractivity contribution in [2.75, 3.05) is 6.61 Å². The normalized spacial score (nSPS) is 43.4. The van der Waals surface area contributed by atoms with Gasteiger partial charge in [-0.2, -0.15) is 0 Å². The lowest BCUT2D eigenvalue weighted by Crippen LogP contribution is -2.29. The molecule has 3 fully saturated rings. The number of carboxylic acid groups (broad SMARTS) is 1. The first-order chi connectivity index (χ1) is 9.10. The Bertz CT molecular complexity index is 371. The van der Waals surface area contributed by atoms with Gasteiger partial charge < -0.3 is 19.3 Å². The SMILES string of the molecule is CCC1(CC23CCCCC2O3)OC1CCOC(=O)O. The Morgan fingerprint density at radius 1 is 1.42 bits per heavy atom. The Hall–Kier alpha value is -0.810. The van der Waals surface area contributed by atoms with Gasteiger partial charge in [-0.3, -0.25) is 0 Å². The predicted molar refractivity (Wildman–Crippen MR) is 67.2 cm³/mol. The van der Waals surface area contributed by atoms with E-state index in [-0.39, 0.29) is 23.9 Å². The molecule has 3 rings (SSSR count). The summed E-state index contributed by atoms with van der Waals surface area (Å²) in [6.45, 7) is 2.36. The molecule has 2 heterocycles. The van der Waals surface area contributed by atoms with Crippen molar-refractivity contribution < 1.29 is 24.1 Å². The number of carbonyl (C=O) groups is 1. The van der Waals surface area contributed by atoms with Crippen LogP contribution in [0.2, 0.25) is 0 Å². The quantitative estimate of drug-likeness (QED) is 0.593.